The third kappa shape index (κ3) is 5.03. The molecule has 34 heavy (non-hydrogen) atoms. The van der Waals surface area contributed by atoms with Crippen LogP contribution in [0.3, 0.4) is 0 Å². The van der Waals surface area contributed by atoms with Gasteiger partial charge < -0.3 is 4.74 Å². The maximum Gasteiger partial charge on any atom is 0.306 e. The van der Waals surface area contributed by atoms with Gasteiger partial charge in [-0.3, -0.25) is 4.79 Å². The summed E-state index contributed by atoms with van der Waals surface area (Å²) in [4.78, 5) is 12.7. The molecule has 0 radical (unpaired) electrons. The lowest BCUT2D eigenvalue weighted by Gasteiger charge is -2.15. The molecular weight excluding hydrogens is 452 g/mol. The molecule has 8 nitrogen and oxygen atoms in total. The predicted octanol–water partition coefficient (Wildman–Crippen LogP) is 3.51. The van der Waals surface area contributed by atoms with E-state index in [2.05, 4.69) is 11.2 Å². The van der Waals surface area contributed by atoms with E-state index in [9.17, 15) is 18.5 Å². The second kappa shape index (κ2) is 10.2. The molecule has 0 atom stereocenters. The molecule has 1 saturated heterocycles. The first-order chi connectivity index (χ1) is 16.4. The van der Waals surface area contributed by atoms with Crippen molar-refractivity contribution in [2.45, 2.75) is 44.1 Å². The van der Waals surface area contributed by atoms with Gasteiger partial charge in [-0.25, -0.2) is 13.1 Å². The Kier molecular flexibility index (Phi) is 7.10. The van der Waals surface area contributed by atoms with E-state index in [1.54, 1.807) is 35.9 Å². The average molecular weight is 479 g/mol. The van der Waals surface area contributed by atoms with E-state index in [0.29, 0.717) is 36.5 Å². The third-order valence-corrected chi connectivity index (χ3v) is 7.80. The zero-order chi connectivity index (χ0) is 24.1. The monoisotopic (exact) mass is 478 g/mol. The van der Waals surface area contributed by atoms with Gasteiger partial charge in [0, 0.05) is 19.5 Å². The van der Waals surface area contributed by atoms with Crippen molar-refractivity contribution >= 4 is 16.0 Å². The van der Waals surface area contributed by atoms with Crippen LogP contribution in [0.4, 0.5) is 0 Å². The van der Waals surface area contributed by atoms with Crippen LogP contribution in [-0.2, 0) is 32.6 Å². The van der Waals surface area contributed by atoms with Crippen molar-refractivity contribution in [2.75, 3.05) is 13.1 Å². The Hall–Kier alpha value is -3.48. The molecule has 1 fully saturated rings. The van der Waals surface area contributed by atoms with Gasteiger partial charge in [0.2, 0.25) is 10.0 Å². The summed E-state index contributed by atoms with van der Waals surface area (Å²) in [5, 5.41) is 14.0. The number of rotatable bonds is 8. The van der Waals surface area contributed by atoms with Crippen LogP contribution in [0.25, 0.3) is 5.69 Å². The molecule has 0 unspecified atom stereocenters. The first kappa shape index (κ1) is 23.7. The number of sulfonamides is 1. The second-order valence-electron chi connectivity index (χ2n) is 8.18. The Bertz CT molecular complexity index is 1300. The minimum absolute atomic E-state index is 0.0650. The molecule has 0 amide bonds. The van der Waals surface area contributed by atoms with Gasteiger partial charge in [-0.15, -0.1) is 0 Å². The maximum atomic E-state index is 12.6. The van der Waals surface area contributed by atoms with Crippen LogP contribution in [0, 0.1) is 18.3 Å². The molecule has 3 aromatic rings. The number of esters is 1. The van der Waals surface area contributed by atoms with Crippen LogP contribution >= 0.6 is 0 Å². The summed E-state index contributed by atoms with van der Waals surface area (Å²) < 4.78 is 33.9. The molecule has 1 aromatic heterocycles. The van der Waals surface area contributed by atoms with Crippen LogP contribution in [0.1, 0.15) is 41.8 Å². The number of aromatic nitrogens is 2. The number of carbonyl (C=O) groups is 1. The lowest BCUT2D eigenvalue weighted by Crippen LogP contribution is -2.27. The molecule has 2 heterocycles. The van der Waals surface area contributed by atoms with Crippen molar-refractivity contribution < 1.29 is 17.9 Å². The maximum absolute atomic E-state index is 12.6. The number of aryl methyl sites for hydroxylation is 2. The largest absolute Gasteiger partial charge is 0.459 e. The minimum atomic E-state index is -3.45. The highest BCUT2D eigenvalue weighted by Gasteiger charge is 2.27. The summed E-state index contributed by atoms with van der Waals surface area (Å²) >= 11 is 0. The predicted molar refractivity (Wildman–Crippen MR) is 126 cm³/mol. The average Bonchev–Trinajstić information content (AvgIpc) is 3.51. The molecule has 1 aliphatic heterocycles. The molecule has 0 saturated carbocycles. The van der Waals surface area contributed by atoms with Crippen molar-refractivity contribution in [3.05, 3.63) is 77.1 Å². The highest BCUT2D eigenvalue weighted by atomic mass is 32.2. The SMILES string of the molecule is Cc1nn(-c2ccccc2)c(COC(=O)CCc2ccc(S(=O)(=O)N3CCCC3)cc2)c1C#N. The smallest absolute Gasteiger partial charge is 0.306 e. The van der Waals surface area contributed by atoms with E-state index < -0.39 is 16.0 Å². The zero-order valence-electron chi connectivity index (χ0n) is 19.0. The van der Waals surface area contributed by atoms with E-state index in [4.69, 9.17) is 4.74 Å². The van der Waals surface area contributed by atoms with E-state index >= 15 is 0 Å². The van der Waals surface area contributed by atoms with Crippen LogP contribution in [0.5, 0.6) is 0 Å². The number of hydrogen-bond donors (Lipinski definition) is 0. The summed E-state index contributed by atoms with van der Waals surface area (Å²) in [6, 6.07) is 18.2. The normalized spacial score (nSPS) is 14.1. The van der Waals surface area contributed by atoms with Crippen LogP contribution < -0.4 is 0 Å². The van der Waals surface area contributed by atoms with Gasteiger partial charge in [0.25, 0.3) is 0 Å². The lowest BCUT2D eigenvalue weighted by molar-refractivity contribution is -0.145. The van der Waals surface area contributed by atoms with Crippen LogP contribution in [-0.4, -0.2) is 41.6 Å². The highest BCUT2D eigenvalue weighted by molar-refractivity contribution is 7.89. The second-order valence-corrected chi connectivity index (χ2v) is 10.1. The van der Waals surface area contributed by atoms with Gasteiger partial charge in [-0.05, 0) is 56.0 Å². The van der Waals surface area contributed by atoms with Crippen LogP contribution in [0.15, 0.2) is 59.5 Å². The molecule has 2 aromatic carbocycles. The first-order valence-electron chi connectivity index (χ1n) is 11.2. The Balaban J connectivity index is 1.37. The summed E-state index contributed by atoms with van der Waals surface area (Å²) in [7, 11) is -3.45. The van der Waals surface area contributed by atoms with Gasteiger partial charge in [-0.1, -0.05) is 30.3 Å². The van der Waals surface area contributed by atoms with Crippen molar-refractivity contribution in [1.29, 1.82) is 5.26 Å². The Morgan fingerprint density at radius 3 is 2.41 bits per heavy atom. The van der Waals surface area contributed by atoms with Gasteiger partial charge >= 0.3 is 5.97 Å². The number of ether oxygens (including phenoxy) is 1. The third-order valence-electron chi connectivity index (χ3n) is 5.88. The Morgan fingerprint density at radius 1 is 1.09 bits per heavy atom. The molecule has 176 valence electrons. The van der Waals surface area contributed by atoms with E-state index in [1.807, 2.05) is 30.3 Å². The minimum Gasteiger partial charge on any atom is -0.459 e. The van der Waals surface area contributed by atoms with Gasteiger partial charge in [0.05, 0.1) is 22.0 Å². The van der Waals surface area contributed by atoms with Crippen molar-refractivity contribution in [3.63, 3.8) is 0 Å². The summed E-state index contributed by atoms with van der Waals surface area (Å²) in [5.74, 6) is -0.406. The number of nitriles is 1. The standard InChI is InChI=1S/C25H26N4O4S/c1-19-23(17-26)24(29(27-19)21-7-3-2-4-8-21)18-33-25(30)14-11-20-9-12-22(13-10-20)34(31,32)28-15-5-6-16-28/h2-4,7-10,12-13H,5-6,11,14-16,18H2,1H3. The zero-order valence-corrected chi connectivity index (χ0v) is 19.8. The molecule has 9 heteroatoms. The number of benzene rings is 2. The molecular formula is C25H26N4O4S. The molecule has 0 aliphatic carbocycles. The van der Waals surface area contributed by atoms with E-state index in [0.717, 1.165) is 24.1 Å². The van der Waals surface area contributed by atoms with E-state index in [-0.39, 0.29) is 17.9 Å². The summed E-state index contributed by atoms with van der Waals surface area (Å²) in [6.07, 6.45) is 2.34. The number of para-hydroxylation sites is 1. The Morgan fingerprint density at radius 2 is 1.76 bits per heavy atom. The fraction of sp³-hybridized carbons (Fsp3) is 0.320. The Labute approximate surface area is 199 Å². The van der Waals surface area contributed by atoms with Crippen LogP contribution in [0.2, 0.25) is 0 Å². The van der Waals surface area contributed by atoms with E-state index in [1.165, 1.54) is 4.31 Å². The van der Waals surface area contributed by atoms with Gasteiger partial charge in [0.15, 0.2) is 0 Å². The molecule has 0 bridgehead atoms. The molecule has 1 aliphatic rings. The molecule has 0 N–H and O–H groups in total. The van der Waals surface area contributed by atoms with Gasteiger partial charge in [0.1, 0.15) is 18.2 Å². The molecule has 4 rings (SSSR count). The number of nitrogens with zero attached hydrogens (tertiary/aromatic N) is 4. The lowest BCUT2D eigenvalue weighted by atomic mass is 10.1. The van der Waals surface area contributed by atoms with Crippen molar-refractivity contribution in [3.8, 4) is 11.8 Å². The quantitative estimate of drug-likeness (QED) is 0.459. The summed E-state index contributed by atoms with van der Waals surface area (Å²) in [5.41, 5.74) is 3.12. The first-order valence-corrected chi connectivity index (χ1v) is 12.6. The van der Waals surface area contributed by atoms with Crippen molar-refractivity contribution in [1.82, 2.24) is 14.1 Å². The fourth-order valence-corrected chi connectivity index (χ4v) is 5.53. The van der Waals surface area contributed by atoms with Gasteiger partial charge in [-0.2, -0.15) is 14.7 Å². The molecule has 0 spiro atoms. The topological polar surface area (TPSA) is 105 Å². The summed E-state index contributed by atoms with van der Waals surface area (Å²) in [6.45, 7) is 2.81. The number of hydrogen-bond acceptors (Lipinski definition) is 6. The number of carbonyl (C=O) groups excluding carboxylic acids is 1. The van der Waals surface area contributed by atoms with Crippen molar-refractivity contribution in [2.24, 2.45) is 0 Å². The highest BCUT2D eigenvalue weighted by Crippen LogP contribution is 2.22. The fourth-order valence-electron chi connectivity index (χ4n) is 4.01.